The molecule has 0 heterocycles. The van der Waals surface area contributed by atoms with Gasteiger partial charge in [-0.15, -0.1) is 0 Å². The average Bonchev–Trinajstić information content (AvgIpc) is 2.63. The van der Waals surface area contributed by atoms with Crippen molar-refractivity contribution < 1.29 is 19.4 Å². The van der Waals surface area contributed by atoms with E-state index >= 15 is 0 Å². The maximum atomic E-state index is 13.0. The van der Waals surface area contributed by atoms with E-state index in [1.54, 1.807) is 0 Å². The van der Waals surface area contributed by atoms with Crippen LogP contribution < -0.4 is 5.32 Å². The molecule has 0 aromatic heterocycles. The molecule has 0 radical (unpaired) electrons. The van der Waals surface area contributed by atoms with Gasteiger partial charge in [-0.25, -0.2) is 0 Å². The lowest BCUT2D eigenvalue weighted by atomic mass is 9.48. The van der Waals surface area contributed by atoms with Crippen LogP contribution in [0, 0.1) is 40.4 Å². The molecule has 0 saturated heterocycles. The van der Waals surface area contributed by atoms with Crippen LogP contribution in [-0.2, 0) is 14.3 Å². The fourth-order valence-electron chi connectivity index (χ4n) is 9.88. The van der Waals surface area contributed by atoms with Crippen molar-refractivity contribution in [1.82, 2.24) is 5.32 Å². The van der Waals surface area contributed by atoms with Crippen molar-refractivity contribution in [3.63, 3.8) is 0 Å². The van der Waals surface area contributed by atoms with Crippen LogP contribution in [0.1, 0.15) is 84.0 Å². The lowest BCUT2D eigenvalue weighted by Gasteiger charge is -2.59. The zero-order valence-electron chi connectivity index (χ0n) is 18.3. The molecule has 5 heteroatoms. The third kappa shape index (κ3) is 3.05. The number of hydrogen-bond donors (Lipinski definition) is 2. The Morgan fingerprint density at radius 3 is 1.97 bits per heavy atom. The van der Waals surface area contributed by atoms with Crippen LogP contribution in [-0.4, -0.2) is 35.2 Å². The Labute approximate surface area is 179 Å². The third-order valence-electron chi connectivity index (χ3n) is 10.2. The van der Waals surface area contributed by atoms with Gasteiger partial charge in [-0.1, -0.05) is 0 Å². The smallest absolute Gasteiger partial charge is 0.312 e. The predicted molar refractivity (Wildman–Crippen MR) is 111 cm³/mol. The lowest BCUT2D eigenvalue weighted by Crippen LogP contribution is -2.59. The monoisotopic (exact) mass is 415 g/mol. The van der Waals surface area contributed by atoms with Crippen molar-refractivity contribution in [2.24, 2.45) is 40.4 Å². The molecule has 0 aliphatic heterocycles. The molecule has 8 bridgehead atoms. The summed E-state index contributed by atoms with van der Waals surface area (Å²) < 4.78 is 5.59. The highest BCUT2D eigenvalue weighted by atomic mass is 16.5. The van der Waals surface area contributed by atoms with Crippen molar-refractivity contribution >= 4 is 11.9 Å². The first-order valence-electron chi connectivity index (χ1n) is 12.4. The number of esters is 1. The number of nitrogens with one attached hydrogen (secondary N) is 1. The summed E-state index contributed by atoms with van der Waals surface area (Å²) in [6.45, 7) is 1.99. The zero-order chi connectivity index (χ0) is 20.7. The van der Waals surface area contributed by atoms with Gasteiger partial charge in [0.2, 0.25) is 0 Å². The van der Waals surface area contributed by atoms with Gasteiger partial charge in [-0.3, -0.25) is 9.59 Å². The molecule has 3 atom stereocenters. The van der Waals surface area contributed by atoms with Gasteiger partial charge in [0.1, 0.15) is 0 Å². The molecular formula is C25H37NO4. The number of rotatable bonds is 5. The van der Waals surface area contributed by atoms with Gasteiger partial charge < -0.3 is 15.2 Å². The first-order chi connectivity index (χ1) is 14.2. The molecule has 0 aromatic rings. The van der Waals surface area contributed by atoms with Gasteiger partial charge in [0.15, 0.2) is 6.61 Å². The average molecular weight is 416 g/mol. The van der Waals surface area contributed by atoms with Gasteiger partial charge in [-0.05, 0) is 119 Å². The number of hydrogen-bond acceptors (Lipinski definition) is 4. The summed E-state index contributed by atoms with van der Waals surface area (Å²) in [6.07, 6.45) is 12.9. The molecule has 2 N–H and O–H groups in total. The first-order valence-corrected chi connectivity index (χ1v) is 12.4. The van der Waals surface area contributed by atoms with Crippen LogP contribution in [0.3, 0.4) is 0 Å². The molecule has 8 aliphatic carbocycles. The van der Waals surface area contributed by atoms with E-state index in [1.165, 1.54) is 38.5 Å². The van der Waals surface area contributed by atoms with Crippen LogP contribution >= 0.6 is 0 Å². The summed E-state index contributed by atoms with van der Waals surface area (Å²) in [5, 5.41) is 14.1. The van der Waals surface area contributed by atoms with Crippen LogP contribution in [0.2, 0.25) is 0 Å². The highest BCUT2D eigenvalue weighted by molar-refractivity contribution is 5.83. The van der Waals surface area contributed by atoms with Crippen LogP contribution in [0.5, 0.6) is 0 Å². The summed E-state index contributed by atoms with van der Waals surface area (Å²) >= 11 is 0. The van der Waals surface area contributed by atoms with Crippen LogP contribution in [0.4, 0.5) is 0 Å². The third-order valence-corrected chi connectivity index (χ3v) is 10.2. The standard InChI is InChI=1S/C25H37NO4/c1-15(23-6-16-2-17(7-23)4-18(3-16)8-23)26-21(27)13-30-22(28)24-9-19-5-20(10-24)12-25(29,11-19)14-24/h15-20,29H,2-14H2,1H3,(H,26,27)/t15-,16?,17?,18?,19-,20-,23?,24?,25?/m0/s1. The number of ether oxygens (including phenoxy) is 1. The Bertz CT molecular complexity index is 711. The highest BCUT2D eigenvalue weighted by Crippen LogP contribution is 2.62. The van der Waals surface area contributed by atoms with Crippen molar-refractivity contribution in [2.75, 3.05) is 6.61 Å². The normalized spacial score (nSPS) is 51.1. The molecule has 8 saturated carbocycles. The minimum atomic E-state index is -0.682. The molecule has 8 fully saturated rings. The summed E-state index contributed by atoms with van der Waals surface area (Å²) in [5.41, 5.74) is -0.972. The van der Waals surface area contributed by atoms with E-state index in [2.05, 4.69) is 12.2 Å². The van der Waals surface area contributed by atoms with Gasteiger partial charge in [0.05, 0.1) is 11.0 Å². The van der Waals surface area contributed by atoms with E-state index < -0.39 is 11.0 Å². The molecule has 5 nitrogen and oxygen atoms in total. The van der Waals surface area contributed by atoms with Crippen LogP contribution in [0.15, 0.2) is 0 Å². The quantitative estimate of drug-likeness (QED) is 0.673. The van der Waals surface area contributed by atoms with Crippen molar-refractivity contribution in [3.8, 4) is 0 Å². The minimum Gasteiger partial charge on any atom is -0.455 e. The van der Waals surface area contributed by atoms with Gasteiger partial charge in [-0.2, -0.15) is 0 Å². The number of amides is 1. The summed E-state index contributed by atoms with van der Waals surface area (Å²) in [4.78, 5) is 25.7. The van der Waals surface area contributed by atoms with E-state index in [0.717, 1.165) is 49.9 Å². The van der Waals surface area contributed by atoms with Crippen molar-refractivity contribution in [2.45, 2.75) is 95.6 Å². The van der Waals surface area contributed by atoms with Crippen molar-refractivity contribution in [3.05, 3.63) is 0 Å². The molecule has 1 amide bonds. The Morgan fingerprint density at radius 1 is 0.900 bits per heavy atom. The molecule has 8 aliphatic rings. The lowest BCUT2D eigenvalue weighted by molar-refractivity contribution is -0.196. The Morgan fingerprint density at radius 2 is 1.43 bits per heavy atom. The Balaban J connectivity index is 1.06. The maximum absolute atomic E-state index is 13.0. The molecule has 0 spiro atoms. The predicted octanol–water partition coefficient (Wildman–Crippen LogP) is 3.58. The van der Waals surface area contributed by atoms with Gasteiger partial charge in [0, 0.05) is 6.04 Å². The fourth-order valence-corrected chi connectivity index (χ4v) is 9.88. The number of carbonyl (C=O) groups excluding carboxylic acids is 2. The summed E-state index contributed by atoms with van der Waals surface area (Å²) in [5.74, 6) is 3.05. The van der Waals surface area contributed by atoms with E-state index in [-0.39, 0.29) is 29.9 Å². The second kappa shape index (κ2) is 6.46. The largest absolute Gasteiger partial charge is 0.455 e. The Hall–Kier alpha value is -1.10. The van der Waals surface area contributed by atoms with E-state index in [0.29, 0.717) is 18.3 Å². The fraction of sp³-hybridized carbons (Fsp3) is 0.920. The molecule has 30 heavy (non-hydrogen) atoms. The SMILES string of the molecule is C[C@H](NC(=O)COC(=O)C12C[C@@H]3C[C@H](CC(O)(C3)C1)C2)C12CC3CC(CC(C3)C1)C2. The molecule has 8 rings (SSSR count). The Kier molecular flexibility index (Phi) is 4.22. The molecule has 166 valence electrons. The second-order valence-electron chi connectivity index (χ2n) is 12.6. The number of carbonyl (C=O) groups is 2. The topological polar surface area (TPSA) is 75.6 Å². The minimum absolute atomic E-state index is 0.150. The molecular weight excluding hydrogens is 378 g/mol. The molecule has 0 unspecified atom stereocenters. The highest BCUT2D eigenvalue weighted by Gasteiger charge is 2.61. The summed E-state index contributed by atoms with van der Waals surface area (Å²) in [7, 11) is 0. The molecule has 0 aromatic carbocycles. The van der Waals surface area contributed by atoms with Crippen molar-refractivity contribution in [1.29, 1.82) is 0 Å². The van der Waals surface area contributed by atoms with Gasteiger partial charge >= 0.3 is 5.97 Å². The second-order valence-corrected chi connectivity index (χ2v) is 12.6. The summed E-state index contributed by atoms with van der Waals surface area (Å²) in [6, 6.07) is 0.150. The first kappa shape index (κ1) is 19.6. The van der Waals surface area contributed by atoms with Crippen LogP contribution in [0.25, 0.3) is 0 Å². The zero-order valence-corrected chi connectivity index (χ0v) is 18.3. The van der Waals surface area contributed by atoms with Gasteiger partial charge in [0.25, 0.3) is 5.91 Å². The maximum Gasteiger partial charge on any atom is 0.312 e. The van der Waals surface area contributed by atoms with E-state index in [1.807, 2.05) is 0 Å². The van der Waals surface area contributed by atoms with E-state index in [4.69, 9.17) is 4.74 Å². The number of aliphatic hydroxyl groups is 1. The van der Waals surface area contributed by atoms with E-state index in [9.17, 15) is 14.7 Å².